The van der Waals surface area contributed by atoms with Gasteiger partial charge in [-0.3, -0.25) is 4.98 Å². The first-order valence-corrected chi connectivity index (χ1v) is 14.3. The summed E-state index contributed by atoms with van der Waals surface area (Å²) >= 11 is 7.28. The van der Waals surface area contributed by atoms with E-state index in [0.717, 1.165) is 42.0 Å². The van der Waals surface area contributed by atoms with Gasteiger partial charge in [-0.15, -0.1) is 0 Å². The summed E-state index contributed by atoms with van der Waals surface area (Å²) in [5.74, 6) is 1.36. The van der Waals surface area contributed by atoms with Crippen molar-refractivity contribution >= 4 is 52.7 Å². The standard InChI is InChI=1S/C27H24Br2N2O4S/c1-16-4-7-18(8-5-16)36(32,33)31-15-22-17(6-10-24(34-2)27(22)29)12-23(31)20-13-30-14-21-19(20)9-11-25(35-3)26(21)28/h4-11,13-14,23H,12,15H2,1-3H3. The topological polar surface area (TPSA) is 68.7 Å². The molecule has 36 heavy (non-hydrogen) atoms. The summed E-state index contributed by atoms with van der Waals surface area (Å²) < 4.78 is 42.3. The third-order valence-corrected chi connectivity index (χ3v) is 10.2. The van der Waals surface area contributed by atoms with Gasteiger partial charge in [0.25, 0.3) is 0 Å². The molecule has 0 saturated carbocycles. The molecule has 1 aliphatic heterocycles. The minimum absolute atomic E-state index is 0.196. The molecule has 186 valence electrons. The lowest BCUT2D eigenvalue weighted by Gasteiger charge is -2.37. The molecule has 0 fully saturated rings. The summed E-state index contributed by atoms with van der Waals surface area (Å²) in [7, 11) is -0.621. The Kier molecular flexibility index (Phi) is 6.84. The van der Waals surface area contributed by atoms with Crippen LogP contribution in [0.15, 0.2) is 74.8 Å². The number of hydrogen-bond donors (Lipinski definition) is 0. The maximum absolute atomic E-state index is 14.1. The molecule has 1 aromatic heterocycles. The number of sulfonamides is 1. The molecule has 0 radical (unpaired) electrons. The van der Waals surface area contributed by atoms with E-state index in [1.165, 1.54) is 0 Å². The van der Waals surface area contributed by atoms with Crippen molar-refractivity contribution in [2.24, 2.45) is 0 Å². The highest BCUT2D eigenvalue weighted by Gasteiger charge is 2.38. The van der Waals surface area contributed by atoms with E-state index in [9.17, 15) is 8.42 Å². The van der Waals surface area contributed by atoms with Gasteiger partial charge in [0.15, 0.2) is 0 Å². The monoisotopic (exact) mass is 630 g/mol. The molecule has 2 heterocycles. The quantitative estimate of drug-likeness (QED) is 0.249. The number of hydrogen-bond acceptors (Lipinski definition) is 5. The van der Waals surface area contributed by atoms with E-state index >= 15 is 0 Å². The van der Waals surface area contributed by atoms with Crippen LogP contribution in [0.2, 0.25) is 0 Å². The molecule has 6 nitrogen and oxygen atoms in total. The SMILES string of the molecule is COc1ccc2c(c1Br)CN(S(=O)(=O)c1ccc(C)cc1)C(c1cncc3c(Br)c(OC)ccc13)C2. The van der Waals surface area contributed by atoms with Gasteiger partial charge in [-0.25, -0.2) is 8.42 Å². The molecule has 1 atom stereocenters. The third kappa shape index (κ3) is 4.22. The average molecular weight is 632 g/mol. The molecule has 9 heteroatoms. The van der Waals surface area contributed by atoms with E-state index in [4.69, 9.17) is 9.47 Å². The zero-order valence-corrected chi connectivity index (χ0v) is 23.9. The van der Waals surface area contributed by atoms with Gasteiger partial charge in [-0.2, -0.15) is 4.31 Å². The van der Waals surface area contributed by atoms with E-state index in [1.54, 1.807) is 43.1 Å². The van der Waals surface area contributed by atoms with E-state index in [1.807, 2.05) is 43.3 Å². The van der Waals surface area contributed by atoms with Crippen LogP contribution in [0.1, 0.15) is 28.3 Å². The van der Waals surface area contributed by atoms with Gasteiger partial charge >= 0.3 is 0 Å². The molecule has 0 aliphatic carbocycles. The Morgan fingerprint density at radius 1 is 0.889 bits per heavy atom. The number of rotatable bonds is 5. The van der Waals surface area contributed by atoms with E-state index < -0.39 is 16.1 Å². The highest BCUT2D eigenvalue weighted by Crippen LogP contribution is 2.44. The van der Waals surface area contributed by atoms with Crippen LogP contribution < -0.4 is 9.47 Å². The minimum atomic E-state index is -3.84. The zero-order chi connectivity index (χ0) is 25.6. The first-order valence-electron chi connectivity index (χ1n) is 11.3. The molecule has 0 spiro atoms. The Hall–Kier alpha value is -2.46. The fraction of sp³-hybridized carbons (Fsp3) is 0.222. The Bertz CT molecular complexity index is 1570. The summed E-state index contributed by atoms with van der Waals surface area (Å²) in [6.07, 6.45) is 4.03. The Morgan fingerprint density at radius 3 is 2.25 bits per heavy atom. The summed E-state index contributed by atoms with van der Waals surface area (Å²) in [6, 6.07) is 14.3. The Morgan fingerprint density at radius 2 is 1.56 bits per heavy atom. The first-order chi connectivity index (χ1) is 17.3. The average Bonchev–Trinajstić information content (AvgIpc) is 2.88. The second-order valence-electron chi connectivity index (χ2n) is 8.71. The second-order valence-corrected chi connectivity index (χ2v) is 12.2. The fourth-order valence-corrected chi connectivity index (χ4v) is 7.59. The van der Waals surface area contributed by atoms with Gasteiger partial charge in [0.05, 0.1) is 34.1 Å². The number of fused-ring (bicyclic) bond motifs is 2. The van der Waals surface area contributed by atoms with Gasteiger partial charge in [0.2, 0.25) is 10.0 Å². The molecule has 5 rings (SSSR count). The lowest BCUT2D eigenvalue weighted by atomic mass is 9.90. The van der Waals surface area contributed by atoms with Crippen molar-refractivity contribution < 1.29 is 17.9 Å². The number of nitrogens with zero attached hydrogens (tertiary/aromatic N) is 2. The van der Waals surface area contributed by atoms with Crippen molar-refractivity contribution in [1.82, 2.24) is 9.29 Å². The van der Waals surface area contributed by atoms with Crippen LogP contribution in [0.5, 0.6) is 11.5 Å². The smallest absolute Gasteiger partial charge is 0.243 e. The lowest BCUT2D eigenvalue weighted by Crippen LogP contribution is -2.39. The molecule has 0 bridgehead atoms. The fourth-order valence-electron chi connectivity index (χ4n) is 4.73. The molecule has 0 saturated heterocycles. The number of ether oxygens (including phenoxy) is 2. The summed E-state index contributed by atoms with van der Waals surface area (Å²) in [5, 5.41) is 1.78. The van der Waals surface area contributed by atoms with Crippen molar-refractivity contribution in [2.75, 3.05) is 14.2 Å². The predicted octanol–water partition coefficient (Wildman–Crippen LogP) is 6.57. The van der Waals surface area contributed by atoms with Crippen molar-refractivity contribution in [3.05, 3.63) is 92.1 Å². The summed E-state index contributed by atoms with van der Waals surface area (Å²) in [5.41, 5.74) is 3.80. The molecule has 0 amide bonds. The Balaban J connectivity index is 1.73. The van der Waals surface area contributed by atoms with Crippen LogP contribution >= 0.6 is 31.9 Å². The largest absolute Gasteiger partial charge is 0.496 e. The van der Waals surface area contributed by atoms with Crippen LogP contribution in [0.3, 0.4) is 0 Å². The molecular formula is C27H24Br2N2O4S. The second kappa shape index (κ2) is 9.78. The predicted molar refractivity (Wildman–Crippen MR) is 147 cm³/mol. The van der Waals surface area contributed by atoms with Gasteiger partial charge in [0.1, 0.15) is 11.5 Å². The Labute approximate surface area is 227 Å². The lowest BCUT2D eigenvalue weighted by molar-refractivity contribution is 0.295. The van der Waals surface area contributed by atoms with E-state index in [-0.39, 0.29) is 11.4 Å². The van der Waals surface area contributed by atoms with Crippen LogP contribution in [-0.2, 0) is 23.0 Å². The molecule has 3 aromatic carbocycles. The van der Waals surface area contributed by atoms with E-state index in [2.05, 4.69) is 36.8 Å². The minimum Gasteiger partial charge on any atom is -0.496 e. The van der Waals surface area contributed by atoms with Crippen molar-refractivity contribution in [3.8, 4) is 11.5 Å². The number of aryl methyl sites for hydroxylation is 1. The molecule has 4 aromatic rings. The van der Waals surface area contributed by atoms with Crippen LogP contribution in [0.25, 0.3) is 10.8 Å². The number of methoxy groups -OCH3 is 2. The maximum atomic E-state index is 14.1. The van der Waals surface area contributed by atoms with Gasteiger partial charge in [0, 0.05) is 24.3 Å². The van der Waals surface area contributed by atoms with Crippen molar-refractivity contribution in [1.29, 1.82) is 0 Å². The highest BCUT2D eigenvalue weighted by atomic mass is 79.9. The number of benzene rings is 3. The van der Waals surface area contributed by atoms with Gasteiger partial charge < -0.3 is 9.47 Å². The number of pyridine rings is 1. The summed E-state index contributed by atoms with van der Waals surface area (Å²) in [4.78, 5) is 4.75. The van der Waals surface area contributed by atoms with Gasteiger partial charge in [-0.05, 0) is 91.5 Å². The normalized spacial score (nSPS) is 16.1. The maximum Gasteiger partial charge on any atom is 0.243 e. The molecule has 1 unspecified atom stereocenters. The molecule has 1 aliphatic rings. The highest BCUT2D eigenvalue weighted by molar-refractivity contribution is 9.11. The third-order valence-electron chi connectivity index (χ3n) is 6.68. The number of aromatic nitrogens is 1. The van der Waals surface area contributed by atoms with Crippen molar-refractivity contribution in [3.63, 3.8) is 0 Å². The number of halogens is 2. The van der Waals surface area contributed by atoms with Crippen LogP contribution in [0.4, 0.5) is 0 Å². The first kappa shape index (κ1) is 25.2. The van der Waals surface area contributed by atoms with Crippen LogP contribution in [0, 0.1) is 6.92 Å². The van der Waals surface area contributed by atoms with Crippen LogP contribution in [-0.4, -0.2) is 31.9 Å². The van der Waals surface area contributed by atoms with Gasteiger partial charge in [-0.1, -0.05) is 29.8 Å². The van der Waals surface area contributed by atoms with Crippen molar-refractivity contribution in [2.45, 2.75) is 30.8 Å². The van der Waals surface area contributed by atoms with E-state index in [0.29, 0.717) is 17.9 Å². The zero-order valence-electron chi connectivity index (χ0n) is 20.0. The molecular weight excluding hydrogens is 608 g/mol. The summed E-state index contributed by atoms with van der Waals surface area (Å²) in [6.45, 7) is 2.13. The molecule has 0 N–H and O–H groups in total.